The number of aromatic nitrogens is 2. The number of hydrogen-bond donors (Lipinski definition) is 1. The second kappa shape index (κ2) is 4.35. The number of fused-ring (bicyclic) bond motifs is 1. The van der Waals surface area contributed by atoms with Gasteiger partial charge in [-0.05, 0) is 31.4 Å². The summed E-state index contributed by atoms with van der Waals surface area (Å²) >= 11 is 0. The second-order valence-corrected chi connectivity index (χ2v) is 4.93. The molecule has 0 aliphatic rings. The molecule has 1 aromatic heterocycles. The lowest BCUT2D eigenvalue weighted by atomic mass is 10.1. The number of nitrogens with two attached hydrogens (primary N) is 1. The van der Waals surface area contributed by atoms with E-state index in [2.05, 4.69) is 25.8 Å². The molecule has 1 heterocycles. The Hall–Kier alpha value is -1.58. The van der Waals surface area contributed by atoms with Crippen LogP contribution >= 0.6 is 0 Å². The van der Waals surface area contributed by atoms with Gasteiger partial charge >= 0.3 is 0 Å². The van der Waals surface area contributed by atoms with Gasteiger partial charge in [0.2, 0.25) is 5.95 Å². The molecule has 0 spiro atoms. The molecule has 17 heavy (non-hydrogen) atoms. The van der Waals surface area contributed by atoms with Crippen LogP contribution in [-0.4, -0.2) is 9.55 Å². The average Bonchev–Trinajstić information content (AvgIpc) is 2.55. The van der Waals surface area contributed by atoms with Gasteiger partial charge in [0.25, 0.3) is 0 Å². The van der Waals surface area contributed by atoms with Crippen molar-refractivity contribution in [3.63, 3.8) is 0 Å². The number of nitrogen functional groups attached to an aromatic ring is 1. The van der Waals surface area contributed by atoms with Gasteiger partial charge in [0.1, 0.15) is 5.52 Å². The molecule has 92 valence electrons. The third kappa shape index (κ3) is 2.12. The van der Waals surface area contributed by atoms with Crippen LogP contribution in [0, 0.1) is 11.7 Å². The van der Waals surface area contributed by atoms with Crippen LogP contribution in [0.15, 0.2) is 18.2 Å². The Morgan fingerprint density at radius 2 is 2.06 bits per heavy atom. The maximum atomic E-state index is 13.6. The first-order valence-corrected chi connectivity index (χ1v) is 5.92. The molecule has 0 saturated carbocycles. The van der Waals surface area contributed by atoms with Crippen molar-refractivity contribution in [1.82, 2.24) is 9.55 Å². The summed E-state index contributed by atoms with van der Waals surface area (Å²) in [4.78, 5) is 4.11. The molecule has 4 heteroatoms. The highest BCUT2D eigenvalue weighted by atomic mass is 19.1. The highest BCUT2D eigenvalue weighted by Gasteiger charge is 2.16. The van der Waals surface area contributed by atoms with Crippen molar-refractivity contribution in [2.75, 3.05) is 5.73 Å². The van der Waals surface area contributed by atoms with Crippen LogP contribution in [-0.2, 0) is 0 Å². The van der Waals surface area contributed by atoms with Gasteiger partial charge in [-0.15, -0.1) is 0 Å². The standard InChI is InChI=1S/C13H18FN3/c1-8(2)7-9(3)17-11-6-4-5-10(14)12(11)16-13(17)15/h4-6,8-9H,7H2,1-3H3,(H2,15,16). The molecule has 0 amide bonds. The van der Waals surface area contributed by atoms with Gasteiger partial charge < -0.3 is 10.3 Å². The van der Waals surface area contributed by atoms with Crippen molar-refractivity contribution in [3.8, 4) is 0 Å². The number of benzene rings is 1. The molecule has 0 aliphatic heterocycles. The number of hydrogen-bond acceptors (Lipinski definition) is 2. The predicted molar refractivity (Wildman–Crippen MR) is 68.3 cm³/mol. The lowest BCUT2D eigenvalue weighted by Gasteiger charge is -2.17. The monoisotopic (exact) mass is 235 g/mol. The highest BCUT2D eigenvalue weighted by Crippen LogP contribution is 2.27. The first-order valence-electron chi connectivity index (χ1n) is 5.92. The van der Waals surface area contributed by atoms with Gasteiger partial charge in [-0.2, -0.15) is 0 Å². The highest BCUT2D eigenvalue weighted by molar-refractivity contribution is 5.79. The number of rotatable bonds is 3. The van der Waals surface area contributed by atoms with Gasteiger partial charge in [0.15, 0.2) is 5.82 Å². The Bertz CT molecular complexity index is 531. The van der Waals surface area contributed by atoms with E-state index < -0.39 is 0 Å². The van der Waals surface area contributed by atoms with Crippen molar-refractivity contribution in [2.45, 2.75) is 33.2 Å². The van der Waals surface area contributed by atoms with Crippen molar-refractivity contribution in [2.24, 2.45) is 5.92 Å². The minimum absolute atomic E-state index is 0.224. The first kappa shape index (κ1) is 11.9. The molecule has 0 fully saturated rings. The molecule has 2 aromatic rings. The van der Waals surface area contributed by atoms with E-state index in [1.54, 1.807) is 6.07 Å². The molecule has 0 saturated heterocycles. The molecule has 3 nitrogen and oxygen atoms in total. The van der Waals surface area contributed by atoms with E-state index in [0.29, 0.717) is 17.4 Å². The SMILES string of the molecule is CC(C)CC(C)n1c(N)nc2c(F)cccc21. The average molecular weight is 235 g/mol. The summed E-state index contributed by atoms with van der Waals surface area (Å²) in [6.45, 7) is 6.40. The molecular formula is C13H18FN3. The third-order valence-corrected chi connectivity index (χ3v) is 2.95. The maximum Gasteiger partial charge on any atom is 0.201 e. The topological polar surface area (TPSA) is 43.8 Å². The van der Waals surface area contributed by atoms with Crippen LogP contribution in [0.5, 0.6) is 0 Å². The number of halogens is 1. The van der Waals surface area contributed by atoms with Crippen molar-refractivity contribution in [1.29, 1.82) is 0 Å². The molecule has 0 aliphatic carbocycles. The number of imidazole rings is 1. The summed E-state index contributed by atoms with van der Waals surface area (Å²) in [7, 11) is 0. The first-order chi connectivity index (χ1) is 8.00. The van der Waals surface area contributed by atoms with Crippen LogP contribution in [0.3, 0.4) is 0 Å². The maximum absolute atomic E-state index is 13.6. The molecule has 0 bridgehead atoms. The summed E-state index contributed by atoms with van der Waals surface area (Å²) in [5, 5.41) is 0. The van der Waals surface area contributed by atoms with Gasteiger partial charge in [0, 0.05) is 6.04 Å². The summed E-state index contributed by atoms with van der Waals surface area (Å²) < 4.78 is 15.5. The van der Waals surface area contributed by atoms with Gasteiger partial charge in [-0.1, -0.05) is 19.9 Å². The van der Waals surface area contributed by atoms with E-state index >= 15 is 0 Å². The van der Waals surface area contributed by atoms with Crippen molar-refractivity contribution >= 4 is 17.0 Å². The van der Waals surface area contributed by atoms with E-state index in [4.69, 9.17) is 5.73 Å². The molecule has 1 unspecified atom stereocenters. The van der Waals surface area contributed by atoms with Gasteiger partial charge in [-0.25, -0.2) is 9.37 Å². The summed E-state index contributed by atoms with van der Waals surface area (Å²) in [5.41, 5.74) is 7.02. The zero-order valence-electron chi connectivity index (χ0n) is 10.4. The Labute approximate surface area is 100 Å². The fourth-order valence-electron chi connectivity index (χ4n) is 2.35. The van der Waals surface area contributed by atoms with Gasteiger partial charge in [0.05, 0.1) is 5.52 Å². The van der Waals surface area contributed by atoms with E-state index in [-0.39, 0.29) is 11.9 Å². The smallest absolute Gasteiger partial charge is 0.201 e. The Morgan fingerprint density at radius 1 is 1.35 bits per heavy atom. The number of nitrogens with zero attached hydrogens (tertiary/aromatic N) is 2. The third-order valence-electron chi connectivity index (χ3n) is 2.95. The Morgan fingerprint density at radius 3 is 2.71 bits per heavy atom. The summed E-state index contributed by atoms with van der Waals surface area (Å²) in [6, 6.07) is 5.18. The Balaban J connectivity index is 2.53. The molecule has 2 rings (SSSR count). The largest absolute Gasteiger partial charge is 0.369 e. The van der Waals surface area contributed by atoms with E-state index in [9.17, 15) is 4.39 Å². The van der Waals surface area contributed by atoms with Crippen molar-refractivity contribution < 1.29 is 4.39 Å². The zero-order valence-corrected chi connectivity index (χ0v) is 10.4. The normalized spacial score (nSPS) is 13.5. The van der Waals surface area contributed by atoms with E-state index in [1.165, 1.54) is 6.07 Å². The minimum atomic E-state index is -0.315. The Kier molecular flexibility index (Phi) is 3.05. The summed E-state index contributed by atoms with van der Waals surface area (Å²) in [5.74, 6) is 0.637. The van der Waals surface area contributed by atoms with Crippen LogP contribution in [0.1, 0.15) is 33.2 Å². The fourth-order valence-corrected chi connectivity index (χ4v) is 2.35. The quantitative estimate of drug-likeness (QED) is 0.886. The van der Waals surface area contributed by atoms with Crippen molar-refractivity contribution in [3.05, 3.63) is 24.0 Å². The van der Waals surface area contributed by atoms with Crippen LogP contribution in [0.2, 0.25) is 0 Å². The number of anilines is 1. The molecule has 1 aromatic carbocycles. The van der Waals surface area contributed by atoms with Crippen LogP contribution in [0.25, 0.3) is 11.0 Å². The zero-order chi connectivity index (χ0) is 12.6. The molecule has 2 N–H and O–H groups in total. The molecular weight excluding hydrogens is 217 g/mol. The van der Waals surface area contributed by atoms with E-state index in [1.807, 2.05) is 10.6 Å². The lowest BCUT2D eigenvalue weighted by molar-refractivity contribution is 0.439. The van der Waals surface area contributed by atoms with Crippen LogP contribution in [0.4, 0.5) is 10.3 Å². The lowest BCUT2D eigenvalue weighted by Crippen LogP contribution is -2.11. The summed E-state index contributed by atoms with van der Waals surface area (Å²) in [6.07, 6.45) is 0.992. The second-order valence-electron chi connectivity index (χ2n) is 4.93. The van der Waals surface area contributed by atoms with E-state index in [0.717, 1.165) is 11.9 Å². The van der Waals surface area contributed by atoms with Gasteiger partial charge in [-0.3, -0.25) is 0 Å². The fraction of sp³-hybridized carbons (Fsp3) is 0.462. The van der Waals surface area contributed by atoms with Crippen LogP contribution < -0.4 is 5.73 Å². The molecule has 0 radical (unpaired) electrons. The minimum Gasteiger partial charge on any atom is -0.369 e. The number of para-hydroxylation sites is 1. The molecule has 1 atom stereocenters. The predicted octanol–water partition coefficient (Wildman–Crippen LogP) is 3.36.